The molecule has 0 aliphatic heterocycles. The average molecular weight is 376 g/mol. The Labute approximate surface area is 136 Å². The topological polar surface area (TPSA) is 0 Å². The van der Waals surface area contributed by atoms with Crippen molar-refractivity contribution in [1.29, 1.82) is 0 Å². The summed E-state index contributed by atoms with van der Waals surface area (Å²) in [6.07, 6.45) is 2.98. The van der Waals surface area contributed by atoms with Crippen LogP contribution in [0.15, 0.2) is 47.4 Å². The van der Waals surface area contributed by atoms with Gasteiger partial charge in [-0.1, -0.05) is 63.4 Å². The Morgan fingerprint density at radius 1 is 1.11 bits per heavy atom. The van der Waals surface area contributed by atoms with Gasteiger partial charge in [0.15, 0.2) is 0 Å². The lowest BCUT2D eigenvalue weighted by molar-refractivity contribution is 0.925. The summed E-state index contributed by atoms with van der Waals surface area (Å²) in [4.78, 5) is 1.57. The van der Waals surface area contributed by atoms with E-state index in [1.165, 1.54) is 16.0 Å². The molecule has 0 saturated heterocycles. The molecule has 0 aliphatic rings. The summed E-state index contributed by atoms with van der Waals surface area (Å²) < 4.78 is 0. The Morgan fingerprint density at radius 2 is 1.84 bits per heavy atom. The second-order valence-corrected chi connectivity index (χ2v) is 6.93. The zero-order valence-corrected chi connectivity index (χ0v) is 14.3. The molecule has 100 valence electrons. The third-order valence-electron chi connectivity index (χ3n) is 2.88. The number of hydrogen-bond donors (Lipinski definition) is 0. The van der Waals surface area contributed by atoms with Crippen molar-refractivity contribution in [2.75, 3.05) is 6.26 Å². The van der Waals surface area contributed by atoms with Gasteiger partial charge in [0.1, 0.15) is 0 Å². The van der Waals surface area contributed by atoms with Crippen molar-refractivity contribution in [3.8, 4) is 0 Å². The molecule has 0 bridgehead atoms. The predicted octanol–water partition coefficient (Wildman–Crippen LogP) is 6.39. The number of hydrogen-bond acceptors (Lipinski definition) is 1. The molecule has 0 aromatic heterocycles. The molecule has 4 heteroatoms. The van der Waals surface area contributed by atoms with Gasteiger partial charge in [0.25, 0.3) is 0 Å². The molecule has 0 nitrogen and oxygen atoms in total. The van der Waals surface area contributed by atoms with Crippen LogP contribution in [0.25, 0.3) is 0 Å². The van der Waals surface area contributed by atoms with Crippen LogP contribution in [0.3, 0.4) is 0 Å². The minimum absolute atomic E-state index is 0.272. The lowest BCUT2D eigenvalue weighted by Crippen LogP contribution is -1.97. The first-order valence-electron chi connectivity index (χ1n) is 5.82. The average Bonchev–Trinajstić information content (AvgIpc) is 2.43. The Balaban J connectivity index is 2.20. The zero-order valence-electron chi connectivity index (χ0n) is 10.4. The molecular weight excluding hydrogens is 363 g/mol. The number of alkyl halides is 1. The van der Waals surface area contributed by atoms with Crippen LogP contribution in [0.5, 0.6) is 0 Å². The molecule has 0 radical (unpaired) electrons. The van der Waals surface area contributed by atoms with Crippen LogP contribution in [-0.2, 0) is 6.42 Å². The molecule has 0 spiro atoms. The van der Waals surface area contributed by atoms with E-state index in [0.717, 1.165) is 6.42 Å². The largest absolute Gasteiger partial charge is 0.129 e. The summed E-state index contributed by atoms with van der Waals surface area (Å²) in [7, 11) is 0. The molecule has 1 atom stereocenters. The van der Waals surface area contributed by atoms with Crippen LogP contribution in [0, 0.1) is 0 Å². The maximum Gasteiger partial charge on any atom is 0.0595 e. The second kappa shape index (κ2) is 7.03. The first kappa shape index (κ1) is 15.2. The van der Waals surface area contributed by atoms with Gasteiger partial charge < -0.3 is 0 Å². The van der Waals surface area contributed by atoms with E-state index in [9.17, 15) is 0 Å². The van der Waals surface area contributed by atoms with Crippen molar-refractivity contribution in [3.05, 3.63) is 63.6 Å². The van der Waals surface area contributed by atoms with Gasteiger partial charge >= 0.3 is 0 Å². The van der Waals surface area contributed by atoms with E-state index >= 15 is 0 Å². The highest BCUT2D eigenvalue weighted by Crippen LogP contribution is 2.34. The molecule has 0 heterocycles. The van der Waals surface area contributed by atoms with E-state index in [0.29, 0.717) is 10.0 Å². The molecule has 19 heavy (non-hydrogen) atoms. The molecule has 0 aliphatic carbocycles. The fourth-order valence-electron chi connectivity index (χ4n) is 1.91. The standard InChI is InChI=1S/C15H13BrCl2S/c1-19-15-5-3-2-4-11(15)12(16)8-10-6-7-13(17)14(18)9-10/h2-7,9,12H,8H2,1H3. The SMILES string of the molecule is CSc1ccccc1C(Br)Cc1ccc(Cl)c(Cl)c1. The zero-order chi connectivity index (χ0) is 13.8. The monoisotopic (exact) mass is 374 g/mol. The Morgan fingerprint density at radius 3 is 2.53 bits per heavy atom. The van der Waals surface area contributed by atoms with Crippen LogP contribution >= 0.6 is 50.9 Å². The summed E-state index contributed by atoms with van der Waals surface area (Å²) in [5.41, 5.74) is 2.48. The quantitative estimate of drug-likeness (QED) is 0.440. The molecule has 0 fully saturated rings. The number of benzene rings is 2. The van der Waals surface area contributed by atoms with Crippen molar-refractivity contribution in [3.63, 3.8) is 0 Å². The maximum absolute atomic E-state index is 6.05. The predicted molar refractivity (Wildman–Crippen MR) is 90.1 cm³/mol. The Bertz CT molecular complexity index is 572. The molecule has 0 amide bonds. The van der Waals surface area contributed by atoms with Gasteiger partial charge in [-0.2, -0.15) is 0 Å². The lowest BCUT2D eigenvalue weighted by atomic mass is 10.0. The van der Waals surface area contributed by atoms with Crippen molar-refractivity contribution in [2.24, 2.45) is 0 Å². The van der Waals surface area contributed by atoms with Gasteiger partial charge in [-0.15, -0.1) is 11.8 Å². The molecule has 0 N–H and O–H groups in total. The summed E-state index contributed by atoms with van der Waals surface area (Å²) in [6.45, 7) is 0. The minimum Gasteiger partial charge on any atom is -0.129 e. The van der Waals surface area contributed by atoms with E-state index in [2.05, 4.69) is 46.5 Å². The molecule has 1 unspecified atom stereocenters. The highest BCUT2D eigenvalue weighted by Gasteiger charge is 2.13. The maximum atomic E-state index is 6.05. The fourth-order valence-corrected chi connectivity index (χ4v) is 3.81. The first-order valence-corrected chi connectivity index (χ1v) is 8.72. The van der Waals surface area contributed by atoms with Crippen LogP contribution in [0.4, 0.5) is 0 Å². The summed E-state index contributed by atoms with van der Waals surface area (Å²) in [6, 6.07) is 14.2. The summed E-state index contributed by atoms with van der Waals surface area (Å²) in [5.74, 6) is 0. The van der Waals surface area contributed by atoms with Gasteiger partial charge in [-0.25, -0.2) is 0 Å². The van der Waals surface area contributed by atoms with E-state index in [1.54, 1.807) is 11.8 Å². The van der Waals surface area contributed by atoms with Crippen LogP contribution < -0.4 is 0 Å². The summed E-state index contributed by atoms with van der Waals surface area (Å²) in [5, 5.41) is 1.21. The fraction of sp³-hybridized carbons (Fsp3) is 0.200. The summed E-state index contributed by atoms with van der Waals surface area (Å²) >= 11 is 17.5. The third-order valence-corrected chi connectivity index (χ3v) is 5.24. The molecule has 0 saturated carbocycles. The second-order valence-electron chi connectivity index (χ2n) is 4.16. The van der Waals surface area contributed by atoms with Crippen molar-refractivity contribution in [1.82, 2.24) is 0 Å². The van der Waals surface area contributed by atoms with Crippen molar-refractivity contribution in [2.45, 2.75) is 16.1 Å². The minimum atomic E-state index is 0.272. The van der Waals surface area contributed by atoms with Crippen LogP contribution in [-0.4, -0.2) is 6.26 Å². The molecule has 2 aromatic carbocycles. The van der Waals surface area contributed by atoms with Gasteiger partial charge in [0, 0.05) is 9.72 Å². The molecule has 2 aromatic rings. The van der Waals surface area contributed by atoms with Gasteiger partial charge in [-0.3, -0.25) is 0 Å². The lowest BCUT2D eigenvalue weighted by Gasteiger charge is -2.14. The smallest absolute Gasteiger partial charge is 0.0595 e. The van der Waals surface area contributed by atoms with E-state index in [1.807, 2.05) is 18.2 Å². The van der Waals surface area contributed by atoms with E-state index in [-0.39, 0.29) is 4.83 Å². The van der Waals surface area contributed by atoms with Gasteiger partial charge in [0.2, 0.25) is 0 Å². The number of thioether (sulfide) groups is 1. The normalized spacial score (nSPS) is 12.4. The van der Waals surface area contributed by atoms with Crippen LogP contribution in [0.2, 0.25) is 10.0 Å². The highest BCUT2D eigenvalue weighted by molar-refractivity contribution is 9.09. The van der Waals surface area contributed by atoms with Gasteiger partial charge in [-0.05, 0) is 42.0 Å². The van der Waals surface area contributed by atoms with E-state index < -0.39 is 0 Å². The Kier molecular flexibility index (Phi) is 5.64. The third kappa shape index (κ3) is 3.91. The molecular formula is C15H13BrCl2S. The van der Waals surface area contributed by atoms with Gasteiger partial charge in [0.05, 0.1) is 10.0 Å². The van der Waals surface area contributed by atoms with Crippen molar-refractivity contribution < 1.29 is 0 Å². The highest BCUT2D eigenvalue weighted by atomic mass is 79.9. The molecule has 2 rings (SSSR count). The number of rotatable bonds is 4. The van der Waals surface area contributed by atoms with Crippen molar-refractivity contribution >= 4 is 50.9 Å². The first-order chi connectivity index (χ1) is 9.11. The van der Waals surface area contributed by atoms with Crippen LogP contribution in [0.1, 0.15) is 16.0 Å². The van der Waals surface area contributed by atoms with E-state index in [4.69, 9.17) is 23.2 Å². The number of halogens is 3. The Hall–Kier alpha value is -0.150.